The van der Waals surface area contributed by atoms with Crippen LogP contribution in [0.3, 0.4) is 0 Å². The largest absolute Gasteiger partial charge is 0.497 e. The highest BCUT2D eigenvalue weighted by Gasteiger charge is 2.63. The van der Waals surface area contributed by atoms with Crippen LogP contribution in [0.4, 0.5) is 0 Å². The summed E-state index contributed by atoms with van der Waals surface area (Å²) in [6.07, 6.45) is 5.37. The number of amides is 2. The third kappa shape index (κ3) is 2.63. The number of hydrogen-bond acceptors (Lipinski definition) is 4. The van der Waals surface area contributed by atoms with E-state index in [2.05, 4.69) is 12.2 Å². The summed E-state index contributed by atoms with van der Waals surface area (Å²) < 4.78 is 10.4. The van der Waals surface area contributed by atoms with Crippen LogP contribution >= 0.6 is 0 Å². The van der Waals surface area contributed by atoms with Gasteiger partial charge in [-0.2, -0.15) is 0 Å². The topological polar surface area (TPSA) is 59.1 Å². The fraction of sp³-hybridized carbons (Fsp3) is 0.304. The van der Waals surface area contributed by atoms with Gasteiger partial charge in [0.15, 0.2) is 0 Å². The molecule has 0 radical (unpaired) electrons. The molecule has 2 bridgehead atoms. The number of benzene rings is 2. The molecule has 29 heavy (non-hydrogen) atoms. The van der Waals surface area contributed by atoms with Gasteiger partial charge in [0.2, 0.25) is 0 Å². The number of hydrogen-bond donors (Lipinski definition) is 0. The molecule has 4 atom stereocenters. The summed E-state index contributed by atoms with van der Waals surface area (Å²) in [4.78, 5) is 26.7. The molecule has 1 saturated carbocycles. The maximum atomic E-state index is 13.3. The fourth-order valence-corrected chi connectivity index (χ4v) is 4.84. The van der Waals surface area contributed by atoms with E-state index in [0.29, 0.717) is 34.5 Å². The molecule has 0 unspecified atom stereocenters. The van der Waals surface area contributed by atoms with Gasteiger partial charge in [-0.25, -0.2) is 10.0 Å². The molecule has 0 N–H and O–H groups in total. The van der Waals surface area contributed by atoms with Crippen molar-refractivity contribution in [2.24, 2.45) is 11.8 Å². The van der Waals surface area contributed by atoms with Crippen LogP contribution in [0.5, 0.6) is 11.5 Å². The molecule has 148 valence electrons. The summed E-state index contributed by atoms with van der Waals surface area (Å²) >= 11 is 0. The molecule has 6 nitrogen and oxygen atoms in total. The maximum absolute atomic E-state index is 13.3. The highest BCUT2D eigenvalue weighted by Crippen LogP contribution is 2.52. The minimum atomic E-state index is -0.156. The Morgan fingerprint density at radius 2 is 1.10 bits per heavy atom. The van der Waals surface area contributed by atoms with Gasteiger partial charge in [-0.15, -0.1) is 0 Å². The summed E-state index contributed by atoms with van der Waals surface area (Å²) in [6, 6.07) is 14.1. The first kappa shape index (κ1) is 17.8. The van der Waals surface area contributed by atoms with Gasteiger partial charge in [-0.05, 0) is 55.0 Å². The molecular formula is C23H22N2O4. The number of hydrazine groups is 1. The third-order valence-corrected chi connectivity index (χ3v) is 6.26. The smallest absolute Gasteiger partial charge is 0.272 e. The highest BCUT2D eigenvalue weighted by atomic mass is 16.5. The number of methoxy groups -OCH3 is 2. The summed E-state index contributed by atoms with van der Waals surface area (Å²) in [7, 11) is 3.18. The molecule has 3 aliphatic rings. The second kappa shape index (κ2) is 6.65. The predicted octanol–water partition coefficient (Wildman–Crippen LogP) is 3.16. The third-order valence-electron chi connectivity index (χ3n) is 6.26. The van der Waals surface area contributed by atoms with Gasteiger partial charge in [0.1, 0.15) is 11.5 Å². The van der Waals surface area contributed by atoms with Crippen LogP contribution in [0.1, 0.15) is 27.1 Å². The lowest BCUT2D eigenvalue weighted by atomic mass is 9.88. The number of carbonyl (C=O) groups excluding carboxylic acids is 2. The van der Waals surface area contributed by atoms with Crippen molar-refractivity contribution in [2.45, 2.75) is 18.5 Å². The predicted molar refractivity (Wildman–Crippen MR) is 107 cm³/mol. The number of ether oxygens (including phenoxy) is 2. The lowest BCUT2D eigenvalue weighted by Crippen LogP contribution is -2.75. The highest BCUT2D eigenvalue weighted by molar-refractivity contribution is 6.01. The van der Waals surface area contributed by atoms with Gasteiger partial charge >= 0.3 is 0 Å². The molecular weight excluding hydrogens is 368 g/mol. The molecule has 2 fully saturated rings. The van der Waals surface area contributed by atoms with Crippen molar-refractivity contribution < 1.29 is 19.1 Å². The molecule has 1 heterocycles. The molecule has 2 aromatic rings. The van der Waals surface area contributed by atoms with Gasteiger partial charge in [-0.3, -0.25) is 9.59 Å². The Bertz CT molecular complexity index is 903. The lowest BCUT2D eigenvalue weighted by molar-refractivity contribution is -0.145. The zero-order valence-corrected chi connectivity index (χ0v) is 16.3. The molecule has 1 saturated heterocycles. The van der Waals surface area contributed by atoms with Crippen LogP contribution in [-0.4, -0.2) is 48.1 Å². The first-order chi connectivity index (χ1) is 14.1. The van der Waals surface area contributed by atoms with E-state index >= 15 is 0 Å². The second-order valence-corrected chi connectivity index (χ2v) is 7.69. The Labute approximate surface area is 169 Å². The van der Waals surface area contributed by atoms with E-state index in [0.717, 1.165) is 6.42 Å². The van der Waals surface area contributed by atoms with Crippen molar-refractivity contribution in [1.29, 1.82) is 0 Å². The summed E-state index contributed by atoms with van der Waals surface area (Å²) in [6.45, 7) is 0. The SMILES string of the molecule is COc1ccc(C(=O)N2[C@@H]3[C@@H]([C@H]4C=C[C@@H]3C4)N2C(=O)c2ccc(OC)cc2)cc1. The first-order valence-electron chi connectivity index (χ1n) is 9.76. The normalized spacial score (nSPS) is 26.1. The zero-order valence-electron chi connectivity index (χ0n) is 16.3. The molecule has 0 spiro atoms. The van der Waals surface area contributed by atoms with E-state index in [1.54, 1.807) is 72.8 Å². The minimum absolute atomic E-state index is 0.0433. The van der Waals surface area contributed by atoms with Crippen LogP contribution < -0.4 is 9.47 Å². The Morgan fingerprint density at radius 1 is 0.724 bits per heavy atom. The first-order valence-corrected chi connectivity index (χ1v) is 9.76. The van der Waals surface area contributed by atoms with Crippen molar-refractivity contribution in [3.63, 3.8) is 0 Å². The summed E-state index contributed by atoms with van der Waals surface area (Å²) in [5, 5.41) is 3.32. The second-order valence-electron chi connectivity index (χ2n) is 7.69. The van der Waals surface area contributed by atoms with Crippen LogP contribution in [0.2, 0.25) is 0 Å². The van der Waals surface area contributed by atoms with Crippen LogP contribution in [0, 0.1) is 11.8 Å². The van der Waals surface area contributed by atoms with Crippen LogP contribution in [-0.2, 0) is 0 Å². The molecule has 1 aliphatic heterocycles. The van der Waals surface area contributed by atoms with Crippen molar-refractivity contribution >= 4 is 11.8 Å². The van der Waals surface area contributed by atoms with E-state index in [1.807, 2.05) is 0 Å². The van der Waals surface area contributed by atoms with E-state index < -0.39 is 0 Å². The maximum Gasteiger partial charge on any atom is 0.272 e. The molecule has 0 aromatic heterocycles. The number of rotatable bonds is 4. The molecule has 5 rings (SSSR count). The lowest BCUT2D eigenvalue weighted by Gasteiger charge is -2.57. The van der Waals surface area contributed by atoms with Crippen molar-refractivity contribution in [3.05, 3.63) is 71.8 Å². The van der Waals surface area contributed by atoms with Crippen molar-refractivity contribution in [3.8, 4) is 11.5 Å². The van der Waals surface area contributed by atoms with Gasteiger partial charge in [-0.1, -0.05) is 12.2 Å². The van der Waals surface area contributed by atoms with Gasteiger partial charge < -0.3 is 9.47 Å². The number of carbonyl (C=O) groups is 2. The Kier molecular flexibility index (Phi) is 4.08. The van der Waals surface area contributed by atoms with Gasteiger partial charge in [0.05, 0.1) is 26.3 Å². The Hall–Kier alpha value is -3.28. The summed E-state index contributed by atoms with van der Waals surface area (Å²) in [5.41, 5.74) is 1.09. The standard InChI is InChI=1S/C23H22N2O4/c1-28-18-9-5-14(6-10-18)22(26)24-20-16-3-4-17(13-16)21(20)25(24)23(27)15-7-11-19(29-2)12-8-15/h3-12,16-17,20-21H,13H2,1-2H3/t16-,17+,20+,21-. The average Bonchev–Trinajstić information content (AvgIpc) is 3.32. The van der Waals surface area contributed by atoms with E-state index in [1.165, 1.54) is 0 Å². The molecule has 2 aliphatic carbocycles. The monoisotopic (exact) mass is 390 g/mol. The van der Waals surface area contributed by atoms with Crippen LogP contribution in [0.25, 0.3) is 0 Å². The molecule has 6 heteroatoms. The van der Waals surface area contributed by atoms with Gasteiger partial charge in [0, 0.05) is 23.0 Å². The fourth-order valence-electron chi connectivity index (χ4n) is 4.84. The van der Waals surface area contributed by atoms with E-state index in [4.69, 9.17) is 9.47 Å². The average molecular weight is 390 g/mol. The van der Waals surface area contributed by atoms with Crippen molar-refractivity contribution in [2.75, 3.05) is 14.2 Å². The number of nitrogens with zero attached hydrogens (tertiary/aromatic N) is 2. The summed E-state index contributed by atoms with van der Waals surface area (Å²) in [5.74, 6) is 1.70. The quantitative estimate of drug-likeness (QED) is 0.753. The number of fused-ring (bicyclic) bond motifs is 5. The molecule has 2 aromatic carbocycles. The minimum Gasteiger partial charge on any atom is -0.497 e. The van der Waals surface area contributed by atoms with E-state index in [9.17, 15) is 9.59 Å². The Morgan fingerprint density at radius 3 is 1.45 bits per heavy atom. The van der Waals surface area contributed by atoms with Gasteiger partial charge in [0.25, 0.3) is 11.8 Å². The molecule has 2 amide bonds. The van der Waals surface area contributed by atoms with Crippen molar-refractivity contribution in [1.82, 2.24) is 10.0 Å². The Balaban J connectivity index is 1.47. The van der Waals surface area contributed by atoms with Crippen LogP contribution in [0.15, 0.2) is 60.7 Å². The zero-order chi connectivity index (χ0) is 20.1. The van der Waals surface area contributed by atoms with E-state index in [-0.39, 0.29) is 23.9 Å².